The Hall–Kier alpha value is -3.35. The lowest BCUT2D eigenvalue weighted by Crippen LogP contribution is -2.39. The van der Waals surface area contributed by atoms with Crippen LogP contribution in [0.5, 0.6) is 0 Å². The van der Waals surface area contributed by atoms with Crippen LogP contribution in [0.25, 0.3) is 11.1 Å². The monoisotopic (exact) mass is 476 g/mol. The van der Waals surface area contributed by atoms with Crippen LogP contribution in [0, 0.1) is 11.8 Å². The quantitative estimate of drug-likeness (QED) is 0.559. The van der Waals surface area contributed by atoms with Crippen LogP contribution >= 0.6 is 0 Å². The summed E-state index contributed by atoms with van der Waals surface area (Å²) in [6.07, 6.45) is 3.70. The molecular formula is C28H32N2O5. The van der Waals surface area contributed by atoms with E-state index in [1.54, 1.807) is 4.90 Å². The van der Waals surface area contributed by atoms with Crippen LogP contribution in [0.1, 0.15) is 55.6 Å². The van der Waals surface area contributed by atoms with Gasteiger partial charge in [0, 0.05) is 31.0 Å². The Labute approximate surface area is 205 Å². The first-order valence-electron chi connectivity index (χ1n) is 12.6. The number of rotatable bonds is 9. The van der Waals surface area contributed by atoms with Crippen LogP contribution in [0.15, 0.2) is 48.5 Å². The smallest absolute Gasteiger partial charge is 0.407 e. The molecule has 35 heavy (non-hydrogen) atoms. The molecule has 0 unspecified atom stereocenters. The number of nitrogens with one attached hydrogen (secondary N) is 1. The van der Waals surface area contributed by atoms with Crippen molar-refractivity contribution >= 4 is 18.0 Å². The number of amides is 2. The minimum absolute atomic E-state index is 0.0104. The third kappa shape index (κ3) is 5.34. The first-order chi connectivity index (χ1) is 17.0. The van der Waals surface area contributed by atoms with Crippen LogP contribution in [0.2, 0.25) is 0 Å². The van der Waals surface area contributed by atoms with Crippen LogP contribution in [-0.4, -0.2) is 53.7 Å². The molecule has 2 fully saturated rings. The molecule has 0 spiro atoms. The number of fused-ring (bicyclic) bond motifs is 3. The molecule has 0 radical (unpaired) electrons. The number of ether oxygens (including phenoxy) is 1. The van der Waals surface area contributed by atoms with Crippen molar-refractivity contribution in [3.8, 4) is 11.1 Å². The lowest BCUT2D eigenvalue weighted by molar-refractivity contribution is -0.139. The Morgan fingerprint density at radius 2 is 1.60 bits per heavy atom. The van der Waals surface area contributed by atoms with E-state index in [-0.39, 0.29) is 43.4 Å². The van der Waals surface area contributed by atoms with Gasteiger partial charge in [-0.25, -0.2) is 4.79 Å². The Balaban J connectivity index is 1.14. The van der Waals surface area contributed by atoms with E-state index >= 15 is 0 Å². The van der Waals surface area contributed by atoms with E-state index < -0.39 is 12.1 Å². The summed E-state index contributed by atoms with van der Waals surface area (Å²) in [5, 5.41) is 12.0. The Bertz CT molecular complexity index is 1070. The zero-order chi connectivity index (χ0) is 24.4. The number of carboxylic acid groups (broad SMARTS) is 1. The van der Waals surface area contributed by atoms with E-state index in [0.717, 1.165) is 19.3 Å². The zero-order valence-corrected chi connectivity index (χ0v) is 19.8. The van der Waals surface area contributed by atoms with Crippen molar-refractivity contribution in [2.45, 2.75) is 50.5 Å². The summed E-state index contributed by atoms with van der Waals surface area (Å²) in [5.41, 5.74) is 4.72. The molecule has 2 atom stereocenters. The molecule has 184 valence electrons. The lowest BCUT2D eigenvalue weighted by atomic mass is 9.98. The molecule has 7 heteroatoms. The van der Waals surface area contributed by atoms with Crippen LogP contribution < -0.4 is 5.32 Å². The van der Waals surface area contributed by atoms with Gasteiger partial charge in [-0.15, -0.1) is 0 Å². The summed E-state index contributed by atoms with van der Waals surface area (Å²) in [6, 6.07) is 16.3. The molecule has 2 N–H and O–H groups in total. The zero-order valence-electron chi connectivity index (χ0n) is 19.8. The number of benzene rings is 2. The molecule has 2 aromatic carbocycles. The van der Waals surface area contributed by atoms with Crippen molar-refractivity contribution in [3.05, 3.63) is 59.7 Å². The number of hydrogen-bond acceptors (Lipinski definition) is 4. The van der Waals surface area contributed by atoms with Gasteiger partial charge in [0.25, 0.3) is 0 Å². The third-order valence-corrected chi connectivity index (χ3v) is 7.53. The van der Waals surface area contributed by atoms with Crippen molar-refractivity contribution in [3.63, 3.8) is 0 Å². The number of carbonyl (C=O) groups excluding carboxylic acids is 2. The van der Waals surface area contributed by atoms with E-state index in [4.69, 9.17) is 9.84 Å². The maximum atomic E-state index is 13.1. The fourth-order valence-corrected chi connectivity index (χ4v) is 5.54. The van der Waals surface area contributed by atoms with E-state index in [2.05, 4.69) is 29.6 Å². The second-order valence-corrected chi connectivity index (χ2v) is 10.0. The van der Waals surface area contributed by atoms with Gasteiger partial charge in [-0.2, -0.15) is 0 Å². The SMILES string of the molecule is O=C(O)CCN(CC1CC1)C(=O)[C@@H]1CC[C@H](NC(=O)OCC2c3ccccc3-c3ccccc32)C1. The Morgan fingerprint density at radius 3 is 2.23 bits per heavy atom. The van der Waals surface area contributed by atoms with E-state index in [1.807, 2.05) is 24.3 Å². The maximum absolute atomic E-state index is 13.1. The van der Waals surface area contributed by atoms with Gasteiger partial charge < -0.3 is 20.1 Å². The molecular weight excluding hydrogens is 444 g/mol. The predicted molar refractivity (Wildman–Crippen MR) is 131 cm³/mol. The number of aliphatic carboxylic acids is 1. The molecule has 3 aliphatic carbocycles. The van der Waals surface area contributed by atoms with Gasteiger partial charge in [-0.3, -0.25) is 9.59 Å². The number of carbonyl (C=O) groups is 3. The Morgan fingerprint density at radius 1 is 0.943 bits per heavy atom. The standard InChI is InChI=1S/C28H32N2O5/c31-26(32)13-14-30(16-18-9-10-18)27(33)19-11-12-20(15-19)29-28(34)35-17-25-23-7-3-1-5-21(23)22-6-2-4-8-24(22)25/h1-8,18-20,25H,9-17H2,(H,29,34)(H,31,32)/t19-,20+/m1/s1. The maximum Gasteiger partial charge on any atom is 0.407 e. The molecule has 0 saturated heterocycles. The van der Waals surface area contributed by atoms with Crippen molar-refractivity contribution in [2.75, 3.05) is 19.7 Å². The van der Waals surface area contributed by atoms with Gasteiger partial charge in [0.15, 0.2) is 0 Å². The fourth-order valence-electron chi connectivity index (χ4n) is 5.54. The fraction of sp³-hybridized carbons (Fsp3) is 0.464. The van der Waals surface area contributed by atoms with Crippen molar-refractivity contribution in [1.82, 2.24) is 10.2 Å². The molecule has 5 rings (SSSR count). The highest BCUT2D eigenvalue weighted by Crippen LogP contribution is 2.44. The molecule has 2 amide bonds. The van der Waals surface area contributed by atoms with Gasteiger partial charge in [0.05, 0.1) is 6.42 Å². The van der Waals surface area contributed by atoms with Gasteiger partial charge in [-0.1, -0.05) is 48.5 Å². The van der Waals surface area contributed by atoms with Crippen LogP contribution in [0.4, 0.5) is 4.79 Å². The number of alkyl carbamates (subject to hydrolysis) is 1. The summed E-state index contributed by atoms with van der Waals surface area (Å²) in [6.45, 7) is 1.16. The summed E-state index contributed by atoms with van der Waals surface area (Å²) in [4.78, 5) is 38.4. The van der Waals surface area contributed by atoms with Crippen LogP contribution in [-0.2, 0) is 14.3 Å². The molecule has 0 heterocycles. The molecule has 0 bridgehead atoms. The van der Waals surface area contributed by atoms with Gasteiger partial charge in [0.1, 0.15) is 6.61 Å². The van der Waals surface area contributed by atoms with E-state index in [1.165, 1.54) is 22.3 Å². The molecule has 7 nitrogen and oxygen atoms in total. The highest BCUT2D eigenvalue weighted by Gasteiger charge is 2.36. The lowest BCUT2D eigenvalue weighted by Gasteiger charge is -2.25. The van der Waals surface area contributed by atoms with Gasteiger partial charge >= 0.3 is 12.1 Å². The molecule has 3 aliphatic rings. The average Bonchev–Trinajstić information content (AvgIpc) is 3.46. The minimum atomic E-state index is -0.889. The first-order valence-corrected chi connectivity index (χ1v) is 12.6. The average molecular weight is 477 g/mol. The normalized spacial score (nSPS) is 20.7. The highest BCUT2D eigenvalue weighted by molar-refractivity contribution is 5.80. The van der Waals surface area contributed by atoms with E-state index in [9.17, 15) is 14.4 Å². The minimum Gasteiger partial charge on any atom is -0.481 e. The van der Waals surface area contributed by atoms with Crippen LogP contribution in [0.3, 0.4) is 0 Å². The summed E-state index contributed by atoms with van der Waals surface area (Å²) >= 11 is 0. The number of nitrogens with zero attached hydrogens (tertiary/aromatic N) is 1. The molecule has 0 aliphatic heterocycles. The molecule has 0 aromatic heterocycles. The van der Waals surface area contributed by atoms with E-state index in [0.29, 0.717) is 25.3 Å². The highest BCUT2D eigenvalue weighted by atomic mass is 16.5. The first kappa shape index (κ1) is 23.4. The molecule has 2 saturated carbocycles. The largest absolute Gasteiger partial charge is 0.481 e. The summed E-state index contributed by atoms with van der Waals surface area (Å²) in [7, 11) is 0. The number of hydrogen-bond donors (Lipinski definition) is 2. The van der Waals surface area contributed by atoms with Gasteiger partial charge in [-0.05, 0) is 60.3 Å². The Kier molecular flexibility index (Phi) is 6.75. The second-order valence-electron chi connectivity index (χ2n) is 10.0. The van der Waals surface area contributed by atoms with Gasteiger partial charge in [0.2, 0.25) is 5.91 Å². The van der Waals surface area contributed by atoms with Crippen molar-refractivity contribution in [2.24, 2.45) is 11.8 Å². The predicted octanol–water partition coefficient (Wildman–Crippen LogP) is 4.41. The third-order valence-electron chi connectivity index (χ3n) is 7.53. The topological polar surface area (TPSA) is 95.9 Å². The van der Waals surface area contributed by atoms with Crippen molar-refractivity contribution in [1.29, 1.82) is 0 Å². The number of carboxylic acids is 1. The molecule has 2 aromatic rings. The summed E-state index contributed by atoms with van der Waals surface area (Å²) < 4.78 is 5.66. The van der Waals surface area contributed by atoms with Crippen molar-refractivity contribution < 1.29 is 24.2 Å². The second kappa shape index (κ2) is 10.1. The summed E-state index contributed by atoms with van der Waals surface area (Å²) in [5.74, 6) is -0.531.